The summed E-state index contributed by atoms with van der Waals surface area (Å²) in [5.41, 5.74) is 4.18. The summed E-state index contributed by atoms with van der Waals surface area (Å²) in [6, 6.07) is 32.0. The topological polar surface area (TPSA) is 175 Å². The maximum atomic E-state index is 11.4. The molecule has 1 heterocycles. The van der Waals surface area contributed by atoms with E-state index in [1.807, 2.05) is 42.5 Å². The zero-order chi connectivity index (χ0) is 36.7. The molecule has 0 saturated carbocycles. The number of rotatable bonds is 4. The lowest BCUT2D eigenvalue weighted by atomic mass is 9.84. The van der Waals surface area contributed by atoms with Gasteiger partial charge in [-0.2, -0.15) is 0 Å². The summed E-state index contributed by atoms with van der Waals surface area (Å²) in [5.74, 6) is -1.21. The lowest BCUT2D eigenvalue weighted by Crippen LogP contribution is -1.93. The summed E-state index contributed by atoms with van der Waals surface area (Å²) in [7, 11) is 0. The molecular formula is C44H28O9. The second-order valence-corrected chi connectivity index (χ2v) is 12.9. The lowest BCUT2D eigenvalue weighted by molar-refractivity contribution is 0.456. The third-order valence-electron chi connectivity index (χ3n) is 9.84. The summed E-state index contributed by atoms with van der Waals surface area (Å²) in [4.78, 5) is 0. The molecule has 0 aliphatic rings. The van der Waals surface area contributed by atoms with Crippen LogP contribution in [0.1, 0.15) is 0 Å². The molecule has 9 heteroatoms. The van der Waals surface area contributed by atoms with Crippen LogP contribution in [0, 0.1) is 0 Å². The fourth-order valence-corrected chi connectivity index (χ4v) is 7.47. The zero-order valence-electron chi connectivity index (χ0n) is 27.5. The molecule has 53 heavy (non-hydrogen) atoms. The highest BCUT2D eigenvalue weighted by molar-refractivity contribution is 6.27. The van der Waals surface area contributed by atoms with E-state index < -0.39 is 0 Å². The molecule has 9 aromatic rings. The zero-order valence-corrected chi connectivity index (χ0v) is 27.5. The number of furan rings is 1. The van der Waals surface area contributed by atoms with Crippen LogP contribution in [0.2, 0.25) is 0 Å². The van der Waals surface area contributed by atoms with Gasteiger partial charge in [0.05, 0.1) is 0 Å². The minimum absolute atomic E-state index is 0.116. The number of phenols is 8. The van der Waals surface area contributed by atoms with Crippen LogP contribution in [-0.2, 0) is 0 Å². The summed E-state index contributed by atoms with van der Waals surface area (Å²) in [6.45, 7) is 0. The Morgan fingerprint density at radius 2 is 0.849 bits per heavy atom. The largest absolute Gasteiger partial charge is 0.508 e. The first-order chi connectivity index (χ1) is 25.6. The van der Waals surface area contributed by atoms with Crippen molar-refractivity contribution in [2.45, 2.75) is 0 Å². The van der Waals surface area contributed by atoms with Gasteiger partial charge in [0.25, 0.3) is 0 Å². The normalized spacial score (nSPS) is 11.6. The molecule has 0 radical (unpaired) electrons. The number of phenolic OH excluding ortho intramolecular Hbond substituents is 8. The van der Waals surface area contributed by atoms with Crippen molar-refractivity contribution < 1.29 is 45.3 Å². The highest BCUT2D eigenvalue weighted by Crippen LogP contribution is 2.54. The van der Waals surface area contributed by atoms with Crippen LogP contribution in [0.4, 0.5) is 0 Å². The van der Waals surface area contributed by atoms with E-state index in [0.717, 1.165) is 0 Å². The molecule has 258 valence electrons. The van der Waals surface area contributed by atoms with Crippen molar-refractivity contribution in [1.29, 1.82) is 0 Å². The van der Waals surface area contributed by atoms with Gasteiger partial charge in [-0.3, -0.25) is 0 Å². The molecule has 8 aromatic carbocycles. The van der Waals surface area contributed by atoms with Crippen molar-refractivity contribution in [2.24, 2.45) is 0 Å². The van der Waals surface area contributed by atoms with Crippen molar-refractivity contribution in [3.63, 3.8) is 0 Å². The van der Waals surface area contributed by atoms with Gasteiger partial charge in [-0.25, -0.2) is 0 Å². The van der Waals surface area contributed by atoms with E-state index in [2.05, 4.69) is 0 Å². The van der Waals surface area contributed by atoms with Gasteiger partial charge in [0.15, 0.2) is 0 Å². The third-order valence-corrected chi connectivity index (χ3v) is 9.84. The number of aromatic hydroxyl groups is 8. The van der Waals surface area contributed by atoms with Crippen LogP contribution in [0.15, 0.2) is 126 Å². The van der Waals surface area contributed by atoms with Crippen molar-refractivity contribution in [2.75, 3.05) is 0 Å². The fraction of sp³-hybridized carbons (Fsp3) is 0. The molecule has 8 N–H and O–H groups in total. The van der Waals surface area contributed by atoms with E-state index in [1.54, 1.807) is 24.3 Å². The van der Waals surface area contributed by atoms with E-state index in [-0.39, 0.29) is 67.9 Å². The molecule has 9 nitrogen and oxygen atoms in total. The monoisotopic (exact) mass is 700 g/mol. The Labute approximate surface area is 300 Å². The van der Waals surface area contributed by atoms with Gasteiger partial charge in [0.2, 0.25) is 0 Å². The average Bonchev–Trinajstić information content (AvgIpc) is 3.53. The molecule has 0 unspecified atom stereocenters. The Hall–Kier alpha value is -7.52. The maximum absolute atomic E-state index is 11.4. The average molecular weight is 701 g/mol. The number of hydrogen-bond acceptors (Lipinski definition) is 9. The quantitative estimate of drug-likeness (QED) is 0.0656. The van der Waals surface area contributed by atoms with Gasteiger partial charge in [0.1, 0.15) is 57.2 Å². The standard InChI is InChI=1S/C44H28O9/c45-24-8-10-30(46)27(18-24)28-20-35(51)26(19-36(28)52)22-6-9-25-29-16-23(7-15-37(29)53-38(25)17-22)40-43-33(49)13-11-31(47)41(43)39(21-4-2-1-3-5-21)42-32(48)12-14-34(50)44(40)42/h1-20,45-52H. The van der Waals surface area contributed by atoms with E-state index in [4.69, 9.17) is 4.42 Å². The molecule has 0 aliphatic carbocycles. The Kier molecular flexibility index (Phi) is 6.83. The van der Waals surface area contributed by atoms with Crippen LogP contribution < -0.4 is 0 Å². The van der Waals surface area contributed by atoms with Gasteiger partial charge >= 0.3 is 0 Å². The first kappa shape index (κ1) is 31.5. The molecule has 0 amide bonds. The van der Waals surface area contributed by atoms with Gasteiger partial charge in [-0.1, -0.05) is 42.5 Å². The molecule has 0 bridgehead atoms. The van der Waals surface area contributed by atoms with Crippen LogP contribution in [0.5, 0.6) is 46.0 Å². The summed E-state index contributed by atoms with van der Waals surface area (Å²) < 4.78 is 6.25. The molecule has 0 aliphatic heterocycles. The minimum atomic E-state index is -0.227. The smallest absolute Gasteiger partial charge is 0.136 e. The molecule has 0 saturated heterocycles. The first-order valence-electron chi connectivity index (χ1n) is 16.5. The Morgan fingerprint density at radius 1 is 0.321 bits per heavy atom. The van der Waals surface area contributed by atoms with Crippen molar-refractivity contribution in [1.82, 2.24) is 0 Å². The highest BCUT2D eigenvalue weighted by atomic mass is 16.3. The van der Waals surface area contributed by atoms with Crippen molar-refractivity contribution in [3.05, 3.63) is 121 Å². The predicted octanol–water partition coefficient (Wildman–Crippen LogP) is 10.2. The maximum Gasteiger partial charge on any atom is 0.136 e. The van der Waals surface area contributed by atoms with E-state index >= 15 is 0 Å². The molecule has 0 atom stereocenters. The highest BCUT2D eigenvalue weighted by Gasteiger charge is 2.26. The number of fused-ring (bicyclic) bond motifs is 5. The fourth-order valence-electron chi connectivity index (χ4n) is 7.47. The van der Waals surface area contributed by atoms with Gasteiger partial charge in [-0.15, -0.1) is 0 Å². The molecular weight excluding hydrogens is 672 g/mol. The lowest BCUT2D eigenvalue weighted by Gasteiger charge is -2.20. The van der Waals surface area contributed by atoms with Gasteiger partial charge < -0.3 is 45.3 Å². The third kappa shape index (κ3) is 4.79. The van der Waals surface area contributed by atoms with Crippen molar-refractivity contribution >= 4 is 43.5 Å². The second-order valence-electron chi connectivity index (χ2n) is 12.9. The van der Waals surface area contributed by atoms with E-state index in [9.17, 15) is 40.9 Å². The first-order valence-corrected chi connectivity index (χ1v) is 16.5. The Balaban J connectivity index is 1.25. The summed E-state index contributed by atoms with van der Waals surface area (Å²) >= 11 is 0. The summed E-state index contributed by atoms with van der Waals surface area (Å²) in [5, 5.41) is 90.3. The van der Waals surface area contributed by atoms with Crippen LogP contribution in [0.3, 0.4) is 0 Å². The van der Waals surface area contributed by atoms with Gasteiger partial charge in [0, 0.05) is 60.1 Å². The minimum Gasteiger partial charge on any atom is -0.508 e. The molecule has 0 fully saturated rings. The predicted molar refractivity (Wildman–Crippen MR) is 204 cm³/mol. The molecule has 9 rings (SSSR count). The van der Waals surface area contributed by atoms with E-state index in [0.29, 0.717) is 66.1 Å². The van der Waals surface area contributed by atoms with E-state index in [1.165, 1.54) is 54.6 Å². The van der Waals surface area contributed by atoms with Crippen molar-refractivity contribution in [3.8, 4) is 90.5 Å². The second kappa shape index (κ2) is 11.5. The Bertz CT molecular complexity index is 2910. The molecule has 1 aromatic heterocycles. The summed E-state index contributed by atoms with van der Waals surface area (Å²) in [6.07, 6.45) is 0. The number of hydrogen-bond donors (Lipinski definition) is 8. The van der Waals surface area contributed by atoms with Crippen LogP contribution in [0.25, 0.3) is 88.0 Å². The van der Waals surface area contributed by atoms with Crippen LogP contribution in [-0.4, -0.2) is 40.9 Å². The SMILES string of the molecule is Oc1ccc(O)c(-c2cc(O)c(-c3ccc4c(c3)oc3ccc(-c5c6c(O)ccc(O)c6c(-c6ccccc6)c6c(O)ccc(O)c56)cc34)cc2O)c1. The number of benzene rings is 8. The molecule has 0 spiro atoms. The van der Waals surface area contributed by atoms with Gasteiger partial charge in [-0.05, 0) is 95.6 Å². The van der Waals surface area contributed by atoms with Crippen LogP contribution >= 0.6 is 0 Å². The Morgan fingerprint density at radius 3 is 1.49 bits per heavy atom.